The fraction of sp³-hybridized carbons (Fsp3) is 0.167. The molecule has 2 rings (SSSR count). The maximum Gasteiger partial charge on any atom is 0.341 e. The predicted octanol–water partition coefficient (Wildman–Crippen LogP) is 3.12. The molecule has 17 heavy (non-hydrogen) atoms. The van der Waals surface area contributed by atoms with Crippen molar-refractivity contribution in [2.45, 2.75) is 6.92 Å². The summed E-state index contributed by atoms with van der Waals surface area (Å²) < 4.78 is 18.3. The Balaban J connectivity index is 2.75. The molecule has 0 aliphatic carbocycles. The molecular formula is C12H9ClFNO2. The van der Waals surface area contributed by atoms with Crippen molar-refractivity contribution in [1.82, 2.24) is 4.98 Å². The molecule has 2 aromatic rings. The number of fused-ring (bicyclic) bond motifs is 1. The highest BCUT2D eigenvalue weighted by molar-refractivity contribution is 6.32. The third-order valence-electron chi connectivity index (χ3n) is 2.48. The molecule has 0 spiro atoms. The number of methoxy groups -OCH3 is 1. The molecule has 1 heterocycles. The van der Waals surface area contributed by atoms with Crippen LogP contribution in [-0.2, 0) is 4.74 Å². The van der Waals surface area contributed by atoms with Crippen LogP contribution in [0.25, 0.3) is 10.9 Å². The summed E-state index contributed by atoms with van der Waals surface area (Å²) in [5.41, 5.74) is 0.763. The van der Waals surface area contributed by atoms with Crippen LogP contribution in [0.3, 0.4) is 0 Å². The molecule has 1 aromatic heterocycles. The first kappa shape index (κ1) is 11.8. The summed E-state index contributed by atoms with van der Waals surface area (Å²) in [4.78, 5) is 15.3. The maximum absolute atomic E-state index is 13.8. The summed E-state index contributed by atoms with van der Waals surface area (Å²) in [6.07, 6.45) is 0. The topological polar surface area (TPSA) is 39.2 Å². The smallest absolute Gasteiger partial charge is 0.341 e. The molecule has 3 nitrogen and oxygen atoms in total. The highest BCUT2D eigenvalue weighted by atomic mass is 35.5. The van der Waals surface area contributed by atoms with Crippen LogP contribution in [-0.4, -0.2) is 18.1 Å². The summed E-state index contributed by atoms with van der Waals surface area (Å²) in [7, 11) is 1.25. The van der Waals surface area contributed by atoms with E-state index in [1.807, 2.05) is 0 Å². The summed E-state index contributed by atoms with van der Waals surface area (Å²) >= 11 is 5.82. The molecule has 0 amide bonds. The highest BCUT2D eigenvalue weighted by Crippen LogP contribution is 2.24. The molecule has 0 radical (unpaired) electrons. The number of aryl methyl sites for hydroxylation is 1. The van der Waals surface area contributed by atoms with Crippen molar-refractivity contribution < 1.29 is 13.9 Å². The molecule has 1 aromatic carbocycles. The monoisotopic (exact) mass is 253 g/mol. The van der Waals surface area contributed by atoms with Crippen molar-refractivity contribution >= 4 is 28.5 Å². The van der Waals surface area contributed by atoms with E-state index in [9.17, 15) is 9.18 Å². The van der Waals surface area contributed by atoms with Gasteiger partial charge in [0.25, 0.3) is 0 Å². The van der Waals surface area contributed by atoms with Gasteiger partial charge in [-0.1, -0.05) is 23.7 Å². The van der Waals surface area contributed by atoms with Gasteiger partial charge in [0.05, 0.1) is 12.7 Å². The van der Waals surface area contributed by atoms with Crippen LogP contribution in [0, 0.1) is 12.7 Å². The van der Waals surface area contributed by atoms with E-state index in [0.29, 0.717) is 10.9 Å². The van der Waals surface area contributed by atoms with E-state index in [1.54, 1.807) is 19.1 Å². The minimum Gasteiger partial charge on any atom is -0.465 e. The van der Waals surface area contributed by atoms with Gasteiger partial charge in [-0.2, -0.15) is 0 Å². The van der Waals surface area contributed by atoms with Gasteiger partial charge in [0, 0.05) is 5.39 Å². The number of carbonyl (C=O) groups excluding carboxylic acids is 1. The zero-order valence-corrected chi connectivity index (χ0v) is 10.0. The molecule has 0 unspecified atom stereocenters. The van der Waals surface area contributed by atoms with E-state index in [-0.39, 0.29) is 16.2 Å². The first-order valence-electron chi connectivity index (χ1n) is 4.88. The number of nitrogens with zero attached hydrogens (tertiary/aromatic N) is 1. The summed E-state index contributed by atoms with van der Waals surface area (Å²) in [5, 5.41) is 0.451. The number of esters is 1. The second-order valence-electron chi connectivity index (χ2n) is 3.59. The quantitative estimate of drug-likeness (QED) is 0.579. The van der Waals surface area contributed by atoms with Crippen molar-refractivity contribution in [2.75, 3.05) is 7.11 Å². The van der Waals surface area contributed by atoms with Crippen molar-refractivity contribution in [1.29, 1.82) is 0 Å². The van der Waals surface area contributed by atoms with Crippen molar-refractivity contribution in [2.24, 2.45) is 0 Å². The van der Waals surface area contributed by atoms with Crippen LogP contribution < -0.4 is 0 Å². The lowest BCUT2D eigenvalue weighted by Crippen LogP contribution is -2.04. The molecular weight excluding hydrogens is 245 g/mol. The molecule has 0 saturated heterocycles. The Kier molecular flexibility index (Phi) is 2.98. The minimum atomic E-state index is -0.592. The van der Waals surface area contributed by atoms with Gasteiger partial charge in [0.15, 0.2) is 5.82 Å². The lowest BCUT2D eigenvalue weighted by Gasteiger charge is -2.06. The Bertz CT molecular complexity index is 613. The molecule has 88 valence electrons. The Morgan fingerprint density at radius 3 is 2.82 bits per heavy atom. The Morgan fingerprint density at radius 1 is 1.47 bits per heavy atom. The van der Waals surface area contributed by atoms with Crippen molar-refractivity contribution in [3.8, 4) is 0 Å². The fourth-order valence-corrected chi connectivity index (χ4v) is 1.75. The van der Waals surface area contributed by atoms with E-state index in [2.05, 4.69) is 9.72 Å². The average Bonchev–Trinajstić information content (AvgIpc) is 2.33. The number of hydrogen-bond donors (Lipinski definition) is 0. The zero-order chi connectivity index (χ0) is 12.6. The van der Waals surface area contributed by atoms with E-state index < -0.39 is 11.8 Å². The Hall–Kier alpha value is -1.68. The number of aromatic nitrogens is 1. The van der Waals surface area contributed by atoms with Crippen LogP contribution in [0.1, 0.15) is 15.9 Å². The molecule has 0 aliphatic rings. The van der Waals surface area contributed by atoms with E-state index >= 15 is 0 Å². The first-order valence-corrected chi connectivity index (χ1v) is 5.26. The van der Waals surface area contributed by atoms with Gasteiger partial charge in [0.2, 0.25) is 0 Å². The van der Waals surface area contributed by atoms with E-state index in [0.717, 1.165) is 0 Å². The predicted molar refractivity (Wildman–Crippen MR) is 62.8 cm³/mol. The third-order valence-corrected chi connectivity index (χ3v) is 2.77. The number of benzene rings is 1. The van der Waals surface area contributed by atoms with E-state index in [1.165, 1.54) is 13.2 Å². The van der Waals surface area contributed by atoms with Crippen molar-refractivity contribution in [3.05, 3.63) is 40.3 Å². The number of ether oxygens (including phenoxy) is 1. The highest BCUT2D eigenvalue weighted by Gasteiger charge is 2.15. The van der Waals surface area contributed by atoms with E-state index in [4.69, 9.17) is 11.6 Å². The Labute approximate surface area is 102 Å². The first-order chi connectivity index (χ1) is 8.04. The van der Waals surface area contributed by atoms with Gasteiger partial charge >= 0.3 is 5.97 Å². The van der Waals surface area contributed by atoms with Gasteiger partial charge in [-0.3, -0.25) is 0 Å². The largest absolute Gasteiger partial charge is 0.465 e. The maximum atomic E-state index is 13.8. The average molecular weight is 254 g/mol. The standard InChI is InChI=1S/C12H9ClFNO2/c1-6-3-4-7-5-8(12(16)17-2)11(13)15-10(7)9(6)14/h3-5H,1-2H3. The summed E-state index contributed by atoms with van der Waals surface area (Å²) in [6.45, 7) is 1.64. The van der Waals surface area contributed by atoms with Crippen LogP contribution in [0.4, 0.5) is 4.39 Å². The van der Waals surface area contributed by atoms with Crippen LogP contribution in [0.5, 0.6) is 0 Å². The van der Waals surface area contributed by atoms with Gasteiger partial charge < -0.3 is 4.74 Å². The number of halogens is 2. The molecule has 5 heteroatoms. The molecule has 0 N–H and O–H groups in total. The summed E-state index contributed by atoms with van der Waals surface area (Å²) in [6, 6.07) is 4.77. The SMILES string of the molecule is COC(=O)c1cc2ccc(C)c(F)c2nc1Cl. The molecule has 0 bridgehead atoms. The lowest BCUT2D eigenvalue weighted by molar-refractivity contribution is 0.0600. The molecule has 0 saturated carbocycles. The van der Waals surface area contributed by atoms with Crippen LogP contribution in [0.15, 0.2) is 18.2 Å². The molecule has 0 aliphatic heterocycles. The number of hydrogen-bond acceptors (Lipinski definition) is 3. The van der Waals surface area contributed by atoms with Crippen LogP contribution >= 0.6 is 11.6 Å². The second kappa shape index (κ2) is 4.30. The lowest BCUT2D eigenvalue weighted by atomic mass is 10.1. The summed E-state index contributed by atoms with van der Waals surface area (Å²) in [5.74, 6) is -1.02. The molecule has 0 atom stereocenters. The van der Waals surface area contributed by atoms with Gasteiger partial charge in [-0.15, -0.1) is 0 Å². The van der Waals surface area contributed by atoms with Gasteiger partial charge in [-0.05, 0) is 18.6 Å². The normalized spacial score (nSPS) is 10.6. The van der Waals surface area contributed by atoms with Crippen LogP contribution in [0.2, 0.25) is 5.15 Å². The number of pyridine rings is 1. The third kappa shape index (κ3) is 1.96. The fourth-order valence-electron chi connectivity index (χ4n) is 1.54. The van der Waals surface area contributed by atoms with Crippen molar-refractivity contribution in [3.63, 3.8) is 0 Å². The van der Waals surface area contributed by atoms with Gasteiger partial charge in [-0.25, -0.2) is 14.2 Å². The number of rotatable bonds is 1. The minimum absolute atomic E-state index is 0.0612. The zero-order valence-electron chi connectivity index (χ0n) is 9.25. The Morgan fingerprint density at radius 2 is 2.18 bits per heavy atom. The number of carbonyl (C=O) groups is 1. The second-order valence-corrected chi connectivity index (χ2v) is 3.94. The van der Waals surface area contributed by atoms with Gasteiger partial charge in [0.1, 0.15) is 10.7 Å². The molecule has 0 fully saturated rings.